The molecule has 4 heterocycles. The number of amides is 1. The first-order chi connectivity index (χ1) is 23.2. The predicted octanol–water partition coefficient (Wildman–Crippen LogP) is 3.89. The summed E-state index contributed by atoms with van der Waals surface area (Å²) in [6, 6.07) is 11.4. The Bertz CT molecular complexity index is 1810. The van der Waals surface area contributed by atoms with E-state index in [2.05, 4.69) is 20.6 Å². The third kappa shape index (κ3) is 7.24. The van der Waals surface area contributed by atoms with E-state index in [1.807, 2.05) is 41.3 Å². The summed E-state index contributed by atoms with van der Waals surface area (Å²) >= 11 is 14.1. The number of aliphatic hydroxyl groups excluding tert-OH is 1. The molecule has 48 heavy (non-hydrogen) atoms. The molecule has 2 saturated heterocycles. The zero-order valence-electron chi connectivity index (χ0n) is 26.7. The molecule has 2 unspecified atom stereocenters. The molecule has 0 aliphatic carbocycles. The summed E-state index contributed by atoms with van der Waals surface area (Å²) in [7, 11) is 3.08. The minimum atomic E-state index is -1.11. The Hall–Kier alpha value is -3.91. The minimum absolute atomic E-state index is 0.0767. The smallest absolute Gasteiger partial charge is 0.237 e. The lowest BCUT2D eigenvalue weighted by molar-refractivity contribution is -0.119. The number of halogens is 2. The maximum Gasteiger partial charge on any atom is 0.237 e. The van der Waals surface area contributed by atoms with Crippen molar-refractivity contribution >= 4 is 29.1 Å². The van der Waals surface area contributed by atoms with Crippen LogP contribution in [0.15, 0.2) is 48.8 Å². The third-order valence-electron chi connectivity index (χ3n) is 8.70. The third-order valence-corrected chi connectivity index (χ3v) is 9.51. The molecule has 2 atom stereocenters. The van der Waals surface area contributed by atoms with Gasteiger partial charge in [0, 0.05) is 67.4 Å². The number of rotatable bonds is 12. The molecular formula is C34H37Cl2N7O5. The van der Waals surface area contributed by atoms with E-state index < -0.39 is 5.60 Å². The molecule has 252 valence electrons. The summed E-state index contributed by atoms with van der Waals surface area (Å²) in [5, 5.41) is 27.1. The predicted molar refractivity (Wildman–Crippen MR) is 182 cm³/mol. The highest BCUT2D eigenvalue weighted by molar-refractivity contribution is 6.39. The average Bonchev–Trinajstić information content (AvgIpc) is 3.70. The summed E-state index contributed by atoms with van der Waals surface area (Å²) in [5.74, 6) is 0.805. The van der Waals surface area contributed by atoms with Crippen LogP contribution in [0.25, 0.3) is 33.6 Å². The Kier molecular flexibility index (Phi) is 10.4. The first kappa shape index (κ1) is 34.0. The number of aliphatic hydroxyl groups is 2. The van der Waals surface area contributed by atoms with Crippen molar-refractivity contribution in [2.45, 2.75) is 44.0 Å². The van der Waals surface area contributed by atoms with Crippen LogP contribution in [-0.2, 0) is 17.9 Å². The molecule has 0 radical (unpaired) electrons. The fraction of sp³-hybridized carbons (Fsp3) is 0.382. The van der Waals surface area contributed by atoms with Gasteiger partial charge in [-0.1, -0.05) is 59.6 Å². The number of hydrogen-bond acceptors (Lipinski definition) is 11. The van der Waals surface area contributed by atoms with Crippen molar-refractivity contribution in [3.8, 4) is 45.4 Å². The number of carbonyl (C=O) groups excluding carboxylic acids is 1. The molecule has 4 N–H and O–H groups in total. The molecule has 0 spiro atoms. The largest absolute Gasteiger partial charge is 0.480 e. The number of benzene rings is 2. The number of β-amino-alcohol motifs (C(OH)–C–C–N with tert-alkyl or cyclic N) is 1. The zero-order valence-corrected chi connectivity index (χ0v) is 28.2. The lowest BCUT2D eigenvalue weighted by atomic mass is 9.98. The van der Waals surface area contributed by atoms with Crippen molar-refractivity contribution in [1.82, 2.24) is 35.5 Å². The van der Waals surface area contributed by atoms with E-state index in [-0.39, 0.29) is 18.6 Å². The van der Waals surface area contributed by atoms with Gasteiger partial charge >= 0.3 is 0 Å². The van der Waals surface area contributed by atoms with Gasteiger partial charge in [-0.25, -0.2) is 9.97 Å². The molecular weight excluding hydrogens is 657 g/mol. The number of methoxy groups -OCH3 is 2. The van der Waals surface area contributed by atoms with E-state index in [0.717, 1.165) is 6.42 Å². The maximum atomic E-state index is 11.5. The van der Waals surface area contributed by atoms with Gasteiger partial charge in [-0.05, 0) is 12.8 Å². The van der Waals surface area contributed by atoms with Crippen LogP contribution in [-0.4, -0.2) is 93.1 Å². The molecule has 6 rings (SSSR count). The molecule has 2 aliphatic heterocycles. The highest BCUT2D eigenvalue weighted by Crippen LogP contribution is 2.42. The molecule has 4 aromatic rings. The molecule has 12 nitrogen and oxygen atoms in total. The van der Waals surface area contributed by atoms with Crippen LogP contribution < -0.4 is 20.1 Å². The molecule has 2 aromatic carbocycles. The lowest BCUT2D eigenvalue weighted by Crippen LogP contribution is -2.36. The summed E-state index contributed by atoms with van der Waals surface area (Å²) in [4.78, 5) is 32.2. The first-order valence-corrected chi connectivity index (χ1v) is 16.4. The second-order valence-corrected chi connectivity index (χ2v) is 12.8. The first-order valence-electron chi connectivity index (χ1n) is 15.7. The monoisotopic (exact) mass is 693 g/mol. The van der Waals surface area contributed by atoms with Crippen LogP contribution >= 0.6 is 23.2 Å². The molecule has 2 aromatic heterocycles. The highest BCUT2D eigenvalue weighted by Gasteiger charge is 2.36. The average molecular weight is 695 g/mol. The van der Waals surface area contributed by atoms with Crippen molar-refractivity contribution < 1.29 is 24.5 Å². The van der Waals surface area contributed by atoms with Crippen LogP contribution in [0.2, 0.25) is 10.0 Å². The Morgan fingerprint density at radius 2 is 1.54 bits per heavy atom. The number of aromatic nitrogens is 4. The van der Waals surface area contributed by atoms with Crippen LogP contribution in [0.1, 0.15) is 30.7 Å². The quantitative estimate of drug-likeness (QED) is 0.171. The highest BCUT2D eigenvalue weighted by atomic mass is 35.5. The Labute approximate surface area is 288 Å². The van der Waals surface area contributed by atoms with Crippen LogP contribution in [0.4, 0.5) is 0 Å². The normalized spacial score (nSPS) is 19.5. The van der Waals surface area contributed by atoms with Crippen LogP contribution in [0, 0.1) is 0 Å². The molecule has 1 amide bonds. The summed E-state index contributed by atoms with van der Waals surface area (Å²) in [5.41, 5.74) is 3.94. The van der Waals surface area contributed by atoms with Crippen molar-refractivity contribution in [3.63, 3.8) is 0 Å². The van der Waals surface area contributed by atoms with Gasteiger partial charge in [-0.3, -0.25) is 19.7 Å². The fourth-order valence-electron chi connectivity index (χ4n) is 6.10. The molecule has 14 heteroatoms. The van der Waals surface area contributed by atoms with Gasteiger partial charge in [0.25, 0.3) is 0 Å². The Morgan fingerprint density at radius 1 is 0.958 bits per heavy atom. The second-order valence-electron chi connectivity index (χ2n) is 12.0. The number of carbonyl (C=O) groups is 1. The van der Waals surface area contributed by atoms with Gasteiger partial charge in [0.05, 0.1) is 54.7 Å². The van der Waals surface area contributed by atoms with Gasteiger partial charge in [0.2, 0.25) is 17.7 Å². The van der Waals surface area contributed by atoms with Gasteiger partial charge in [0.1, 0.15) is 17.0 Å². The number of likely N-dealkylation sites (tertiary alicyclic amines) is 1. The Morgan fingerprint density at radius 3 is 2.08 bits per heavy atom. The number of hydrogen-bond donors (Lipinski definition) is 4. The second kappa shape index (κ2) is 14.7. The van der Waals surface area contributed by atoms with E-state index in [1.165, 1.54) is 7.11 Å². The molecule has 2 aliphatic rings. The van der Waals surface area contributed by atoms with Gasteiger partial charge < -0.3 is 30.3 Å². The summed E-state index contributed by atoms with van der Waals surface area (Å²) < 4.78 is 11.2. The fourth-order valence-corrected chi connectivity index (χ4v) is 6.75. The van der Waals surface area contributed by atoms with Crippen molar-refractivity contribution in [1.29, 1.82) is 0 Å². The molecule has 2 fully saturated rings. The number of ether oxygens (including phenoxy) is 2. The van der Waals surface area contributed by atoms with E-state index in [9.17, 15) is 15.0 Å². The number of nitrogens with zero attached hydrogens (tertiary/aromatic N) is 5. The van der Waals surface area contributed by atoms with E-state index in [1.54, 1.807) is 19.5 Å². The SMILES string of the molecule is COc1nc(-c2cccc(-c3cccc(-c4cnc(CN5CCC(O)(CO)C5)c(OC)n4)c3Cl)c2Cl)cnc1CNCC1CCC(=O)N1. The van der Waals surface area contributed by atoms with Crippen molar-refractivity contribution in [2.75, 3.05) is 40.5 Å². The van der Waals surface area contributed by atoms with Gasteiger partial charge in [-0.2, -0.15) is 0 Å². The maximum absolute atomic E-state index is 11.5. The zero-order chi connectivity index (χ0) is 33.8. The van der Waals surface area contributed by atoms with Gasteiger partial charge in [0.15, 0.2) is 0 Å². The minimum Gasteiger partial charge on any atom is -0.480 e. The summed E-state index contributed by atoms with van der Waals surface area (Å²) in [6.07, 6.45) is 5.15. The van der Waals surface area contributed by atoms with Crippen molar-refractivity contribution in [2.24, 2.45) is 0 Å². The van der Waals surface area contributed by atoms with E-state index in [0.29, 0.717) is 112 Å². The van der Waals surface area contributed by atoms with E-state index >= 15 is 0 Å². The molecule has 0 bridgehead atoms. The van der Waals surface area contributed by atoms with E-state index in [4.69, 9.17) is 42.6 Å². The van der Waals surface area contributed by atoms with Gasteiger partial charge in [-0.15, -0.1) is 0 Å². The van der Waals surface area contributed by atoms with Crippen molar-refractivity contribution in [3.05, 3.63) is 70.2 Å². The topological polar surface area (TPSA) is 155 Å². The standard InChI is InChI=1S/C34H37Cl2N7O5/c1-47-32-27(14-37-13-20-9-10-29(45)40-20)38-15-25(41-32)23-7-3-5-21(30(23)35)22-6-4-8-24(31(22)36)26-16-39-28(33(42-26)48-2)17-43-12-11-34(46,18-43)19-44/h3-8,15-16,20,37,44,46H,9-14,17-19H2,1-2H3,(H,40,45). The van der Waals surface area contributed by atoms with Crippen LogP contribution in [0.5, 0.6) is 11.8 Å². The summed E-state index contributed by atoms with van der Waals surface area (Å²) in [6.45, 7) is 2.15. The number of nitrogens with one attached hydrogen (secondary N) is 2. The molecule has 0 saturated carbocycles. The Balaban J connectivity index is 1.23. The van der Waals surface area contributed by atoms with Crippen LogP contribution in [0.3, 0.4) is 0 Å². The lowest BCUT2D eigenvalue weighted by Gasteiger charge is -2.21.